The zero-order chi connectivity index (χ0) is 20.1. The molecule has 0 spiro atoms. The fourth-order valence-electron chi connectivity index (χ4n) is 4.18. The average molecular weight is 459 g/mol. The van der Waals surface area contributed by atoms with Gasteiger partial charge >= 0.3 is 0 Å². The number of benzene rings is 1. The minimum atomic E-state index is -0.404. The number of hydrogen-bond donors (Lipinski definition) is 1. The van der Waals surface area contributed by atoms with E-state index in [1.54, 1.807) is 11.3 Å². The van der Waals surface area contributed by atoms with Crippen LogP contribution in [0.3, 0.4) is 0 Å². The second-order valence-electron chi connectivity index (χ2n) is 8.14. The van der Waals surface area contributed by atoms with Crippen molar-refractivity contribution in [2.45, 2.75) is 46.1 Å². The number of ketones is 1. The normalized spacial score (nSPS) is 20.9. The van der Waals surface area contributed by atoms with Gasteiger partial charge in [0.1, 0.15) is 6.04 Å². The van der Waals surface area contributed by atoms with Gasteiger partial charge in [-0.3, -0.25) is 14.5 Å². The Kier molecular flexibility index (Phi) is 4.96. The molecule has 1 aliphatic carbocycles. The number of hydrogen-bond acceptors (Lipinski definition) is 4. The van der Waals surface area contributed by atoms with Gasteiger partial charge in [0.2, 0.25) is 5.91 Å². The number of allylic oxidation sites excluding steroid dienone is 1. The quantitative estimate of drug-likeness (QED) is 0.594. The molecule has 1 atom stereocenters. The van der Waals surface area contributed by atoms with Crippen LogP contribution in [0.15, 0.2) is 51.5 Å². The van der Waals surface area contributed by atoms with Crippen molar-refractivity contribution in [3.63, 3.8) is 0 Å². The van der Waals surface area contributed by atoms with E-state index in [1.807, 2.05) is 48.2 Å². The standard InChI is InChI=1S/C22H23BrN2O2S/c1-4-19(27)25-15-8-6-5-7-13(15)24-14-11-22(2,3)12-16(26)20(14)21(25)17-9-10-18(23)28-17/h5-10,21,24H,4,11-12H2,1-3H3/t21-/m1/s1. The second-order valence-corrected chi connectivity index (χ2v) is 10.6. The Morgan fingerprint density at radius 2 is 2.00 bits per heavy atom. The first-order chi connectivity index (χ1) is 13.3. The Morgan fingerprint density at radius 1 is 1.25 bits per heavy atom. The van der Waals surface area contributed by atoms with Crippen LogP contribution >= 0.6 is 27.3 Å². The molecule has 0 saturated heterocycles. The largest absolute Gasteiger partial charge is 0.357 e. The second kappa shape index (κ2) is 7.16. The molecular weight excluding hydrogens is 436 g/mol. The molecule has 1 aromatic heterocycles. The smallest absolute Gasteiger partial charge is 0.227 e. The molecule has 2 heterocycles. The number of para-hydroxylation sites is 2. The highest BCUT2D eigenvalue weighted by Gasteiger charge is 2.43. The lowest BCUT2D eigenvalue weighted by atomic mass is 9.74. The fraction of sp³-hybridized carbons (Fsp3) is 0.364. The third-order valence-corrected chi connectivity index (χ3v) is 7.01. The Bertz CT molecular complexity index is 992. The van der Waals surface area contributed by atoms with Gasteiger partial charge in [-0.15, -0.1) is 11.3 Å². The number of halogens is 1. The number of carbonyl (C=O) groups is 2. The van der Waals surface area contributed by atoms with Gasteiger partial charge in [-0.1, -0.05) is 32.9 Å². The maximum atomic E-state index is 13.4. The van der Waals surface area contributed by atoms with E-state index in [0.29, 0.717) is 12.8 Å². The molecule has 0 radical (unpaired) electrons. The minimum absolute atomic E-state index is 0.00940. The average Bonchev–Trinajstić information content (AvgIpc) is 2.99. The first-order valence-corrected chi connectivity index (χ1v) is 11.1. The van der Waals surface area contributed by atoms with Crippen molar-refractivity contribution in [2.75, 3.05) is 10.2 Å². The predicted molar refractivity (Wildman–Crippen MR) is 118 cm³/mol. The van der Waals surface area contributed by atoms with E-state index < -0.39 is 6.04 Å². The van der Waals surface area contributed by atoms with Crippen LogP contribution in [0.4, 0.5) is 11.4 Å². The van der Waals surface area contributed by atoms with E-state index in [2.05, 4.69) is 35.1 Å². The van der Waals surface area contributed by atoms with E-state index in [0.717, 1.165) is 37.7 Å². The summed E-state index contributed by atoms with van der Waals surface area (Å²) in [5.41, 5.74) is 3.26. The summed E-state index contributed by atoms with van der Waals surface area (Å²) in [5.74, 6) is 0.130. The third-order valence-electron chi connectivity index (χ3n) is 5.34. The molecule has 2 aromatic rings. The number of amides is 1. The summed E-state index contributed by atoms with van der Waals surface area (Å²) < 4.78 is 0.989. The molecule has 4 rings (SSSR count). The summed E-state index contributed by atoms with van der Waals surface area (Å²) in [7, 11) is 0. The van der Waals surface area contributed by atoms with Crippen molar-refractivity contribution in [2.24, 2.45) is 5.41 Å². The van der Waals surface area contributed by atoms with Crippen LogP contribution < -0.4 is 10.2 Å². The molecule has 1 aliphatic heterocycles. The Balaban J connectivity index is 2.00. The van der Waals surface area contributed by atoms with Gasteiger partial charge in [0.05, 0.1) is 15.2 Å². The van der Waals surface area contributed by atoms with E-state index >= 15 is 0 Å². The molecule has 0 fully saturated rings. The lowest BCUT2D eigenvalue weighted by Crippen LogP contribution is -2.38. The van der Waals surface area contributed by atoms with E-state index in [4.69, 9.17) is 0 Å². The minimum Gasteiger partial charge on any atom is -0.357 e. The van der Waals surface area contributed by atoms with Crippen LogP contribution in [-0.2, 0) is 9.59 Å². The van der Waals surface area contributed by atoms with Crippen molar-refractivity contribution in [3.8, 4) is 0 Å². The van der Waals surface area contributed by atoms with Gasteiger partial charge in [-0.05, 0) is 52.0 Å². The monoisotopic (exact) mass is 458 g/mol. The van der Waals surface area contributed by atoms with E-state index in [1.165, 1.54) is 0 Å². The van der Waals surface area contributed by atoms with Crippen molar-refractivity contribution in [1.29, 1.82) is 0 Å². The number of nitrogens with zero attached hydrogens (tertiary/aromatic N) is 1. The van der Waals surface area contributed by atoms with Gasteiger partial charge in [-0.25, -0.2) is 0 Å². The summed E-state index contributed by atoms with van der Waals surface area (Å²) in [6, 6.07) is 11.4. The highest BCUT2D eigenvalue weighted by atomic mass is 79.9. The first kappa shape index (κ1) is 19.4. The summed E-state index contributed by atoms with van der Waals surface area (Å²) in [6.07, 6.45) is 1.64. The molecule has 1 N–H and O–H groups in total. The van der Waals surface area contributed by atoms with Crippen molar-refractivity contribution in [1.82, 2.24) is 0 Å². The maximum Gasteiger partial charge on any atom is 0.227 e. The molecule has 1 aromatic carbocycles. The predicted octanol–water partition coefficient (Wildman–Crippen LogP) is 6.06. The number of Topliss-reactive ketones (excluding diaryl/α,β-unsaturated/α-hetero) is 1. The summed E-state index contributed by atoms with van der Waals surface area (Å²) in [5, 5.41) is 3.52. The SMILES string of the molecule is CCC(=O)N1c2ccccc2NC2=C(C(=O)CC(C)(C)C2)[C@H]1c1ccc(Br)s1. The lowest BCUT2D eigenvalue weighted by Gasteiger charge is -2.36. The Labute approximate surface area is 177 Å². The van der Waals surface area contributed by atoms with Crippen molar-refractivity contribution < 1.29 is 9.59 Å². The number of thiophene rings is 1. The van der Waals surface area contributed by atoms with E-state index in [9.17, 15) is 9.59 Å². The topological polar surface area (TPSA) is 49.4 Å². The van der Waals surface area contributed by atoms with Gasteiger partial charge in [0, 0.05) is 29.0 Å². The summed E-state index contributed by atoms with van der Waals surface area (Å²) >= 11 is 5.12. The molecule has 146 valence electrons. The summed E-state index contributed by atoms with van der Waals surface area (Å²) in [6.45, 7) is 6.11. The maximum absolute atomic E-state index is 13.4. The van der Waals surface area contributed by atoms with Gasteiger partial charge in [0.25, 0.3) is 0 Å². The van der Waals surface area contributed by atoms with Crippen LogP contribution in [-0.4, -0.2) is 11.7 Å². The Morgan fingerprint density at radius 3 is 2.68 bits per heavy atom. The lowest BCUT2D eigenvalue weighted by molar-refractivity contribution is -0.119. The van der Waals surface area contributed by atoms with Crippen LogP contribution in [0, 0.1) is 5.41 Å². The molecule has 4 nitrogen and oxygen atoms in total. The highest BCUT2D eigenvalue weighted by molar-refractivity contribution is 9.11. The van der Waals surface area contributed by atoms with Crippen molar-refractivity contribution in [3.05, 3.63) is 56.3 Å². The van der Waals surface area contributed by atoms with Gasteiger partial charge < -0.3 is 5.32 Å². The number of nitrogens with one attached hydrogen (secondary N) is 1. The number of fused-ring (bicyclic) bond motifs is 1. The van der Waals surface area contributed by atoms with Gasteiger partial charge in [0.15, 0.2) is 5.78 Å². The molecule has 2 aliphatic rings. The molecule has 0 saturated carbocycles. The molecule has 1 amide bonds. The van der Waals surface area contributed by atoms with Crippen molar-refractivity contribution >= 4 is 50.3 Å². The zero-order valence-corrected chi connectivity index (χ0v) is 18.6. The van der Waals surface area contributed by atoms with E-state index in [-0.39, 0.29) is 17.1 Å². The highest BCUT2D eigenvalue weighted by Crippen LogP contribution is 2.49. The number of rotatable bonds is 2. The molecule has 0 unspecified atom stereocenters. The van der Waals surface area contributed by atoms with Crippen LogP contribution in [0.25, 0.3) is 0 Å². The fourth-order valence-corrected chi connectivity index (χ4v) is 5.70. The molecule has 28 heavy (non-hydrogen) atoms. The van der Waals surface area contributed by atoms with Crippen LogP contribution in [0.1, 0.15) is 51.0 Å². The van der Waals surface area contributed by atoms with Crippen LogP contribution in [0.5, 0.6) is 0 Å². The van der Waals surface area contributed by atoms with Crippen LogP contribution in [0.2, 0.25) is 0 Å². The Hall–Kier alpha value is -1.92. The third kappa shape index (κ3) is 3.33. The van der Waals surface area contributed by atoms with Gasteiger partial charge in [-0.2, -0.15) is 0 Å². The molecule has 0 bridgehead atoms. The number of carbonyl (C=O) groups excluding carboxylic acids is 2. The number of anilines is 2. The molecular formula is C22H23BrN2O2S. The summed E-state index contributed by atoms with van der Waals surface area (Å²) in [4.78, 5) is 29.3. The first-order valence-electron chi connectivity index (χ1n) is 9.50. The molecule has 6 heteroatoms. The zero-order valence-electron chi connectivity index (χ0n) is 16.2.